The van der Waals surface area contributed by atoms with Crippen molar-refractivity contribution >= 4 is 21.4 Å². The van der Waals surface area contributed by atoms with Crippen molar-refractivity contribution in [3.63, 3.8) is 0 Å². The summed E-state index contributed by atoms with van der Waals surface area (Å²) in [5, 5.41) is 8.27. The van der Waals surface area contributed by atoms with Crippen molar-refractivity contribution < 1.29 is 8.42 Å². The standard InChI is InChI=1S/C11H13N3O2S2/c12-18(15,16)11-3-1-9(2-4-11)5-13-6-10-7-14-8-17-10/h1-4,7-8,13H,5-6H2,(H2,12,15,16). The van der Waals surface area contributed by atoms with Crippen LogP contribution in [0.2, 0.25) is 0 Å². The van der Waals surface area contributed by atoms with E-state index >= 15 is 0 Å². The van der Waals surface area contributed by atoms with Crippen LogP contribution in [0, 0.1) is 0 Å². The van der Waals surface area contributed by atoms with E-state index in [0.717, 1.165) is 17.0 Å². The molecule has 96 valence electrons. The molecule has 7 heteroatoms. The molecule has 0 aliphatic carbocycles. The van der Waals surface area contributed by atoms with Crippen molar-refractivity contribution in [2.45, 2.75) is 18.0 Å². The molecule has 0 radical (unpaired) electrons. The summed E-state index contributed by atoms with van der Waals surface area (Å²) >= 11 is 1.59. The maximum atomic E-state index is 11.1. The normalized spacial score (nSPS) is 11.6. The summed E-state index contributed by atoms with van der Waals surface area (Å²) in [4.78, 5) is 5.28. The molecule has 3 N–H and O–H groups in total. The van der Waals surface area contributed by atoms with Crippen molar-refractivity contribution in [1.29, 1.82) is 0 Å². The highest BCUT2D eigenvalue weighted by Gasteiger charge is 2.06. The van der Waals surface area contributed by atoms with Crippen LogP contribution in [0.4, 0.5) is 0 Å². The predicted octanol–water partition coefficient (Wildman–Crippen LogP) is 1.08. The molecule has 0 aliphatic rings. The van der Waals surface area contributed by atoms with Gasteiger partial charge in [0.1, 0.15) is 0 Å². The topological polar surface area (TPSA) is 85.1 Å². The Balaban J connectivity index is 1.91. The molecule has 0 amide bonds. The lowest BCUT2D eigenvalue weighted by atomic mass is 10.2. The highest BCUT2D eigenvalue weighted by atomic mass is 32.2. The average Bonchev–Trinajstić information content (AvgIpc) is 2.82. The first kappa shape index (κ1) is 13.2. The lowest BCUT2D eigenvalue weighted by molar-refractivity contribution is 0.597. The van der Waals surface area contributed by atoms with E-state index in [9.17, 15) is 8.42 Å². The van der Waals surface area contributed by atoms with Gasteiger partial charge in [0, 0.05) is 24.2 Å². The number of rotatable bonds is 5. The van der Waals surface area contributed by atoms with Crippen LogP contribution in [0.1, 0.15) is 10.4 Å². The molecular formula is C11H13N3O2S2. The average molecular weight is 283 g/mol. The van der Waals surface area contributed by atoms with Crippen LogP contribution in [0.3, 0.4) is 0 Å². The molecule has 1 aromatic carbocycles. The van der Waals surface area contributed by atoms with Crippen LogP contribution in [0.5, 0.6) is 0 Å². The first-order valence-electron chi connectivity index (χ1n) is 5.25. The maximum absolute atomic E-state index is 11.1. The Labute approximate surface area is 110 Å². The first-order valence-corrected chi connectivity index (χ1v) is 7.68. The Hall–Kier alpha value is -1.28. The fraction of sp³-hybridized carbons (Fsp3) is 0.182. The lowest BCUT2D eigenvalue weighted by Gasteiger charge is -2.04. The third-order valence-corrected chi connectivity index (χ3v) is 4.07. The van der Waals surface area contributed by atoms with Gasteiger partial charge in [-0.3, -0.25) is 4.98 Å². The summed E-state index contributed by atoms with van der Waals surface area (Å²) < 4.78 is 22.1. The first-order chi connectivity index (χ1) is 8.55. The van der Waals surface area contributed by atoms with Gasteiger partial charge in [-0.1, -0.05) is 12.1 Å². The quantitative estimate of drug-likeness (QED) is 0.860. The molecular weight excluding hydrogens is 270 g/mol. The zero-order valence-electron chi connectivity index (χ0n) is 9.54. The summed E-state index contributed by atoms with van der Waals surface area (Å²) in [7, 11) is -3.60. The summed E-state index contributed by atoms with van der Waals surface area (Å²) in [5.74, 6) is 0. The fourth-order valence-corrected chi connectivity index (χ4v) is 2.54. The summed E-state index contributed by atoms with van der Waals surface area (Å²) in [5.41, 5.74) is 2.80. The van der Waals surface area contributed by atoms with Gasteiger partial charge in [0.15, 0.2) is 0 Å². The number of thiazole rings is 1. The van der Waals surface area contributed by atoms with E-state index in [-0.39, 0.29) is 4.90 Å². The minimum Gasteiger partial charge on any atom is -0.308 e. The van der Waals surface area contributed by atoms with Crippen molar-refractivity contribution in [3.8, 4) is 0 Å². The number of aromatic nitrogens is 1. The second kappa shape index (κ2) is 5.57. The van der Waals surface area contributed by atoms with E-state index in [1.165, 1.54) is 12.1 Å². The zero-order chi connectivity index (χ0) is 13.0. The Bertz CT molecular complexity index is 592. The van der Waals surface area contributed by atoms with Gasteiger partial charge in [-0.25, -0.2) is 13.6 Å². The molecule has 0 aliphatic heterocycles. The molecule has 0 saturated carbocycles. The number of nitrogens with two attached hydrogens (primary N) is 1. The molecule has 0 bridgehead atoms. The lowest BCUT2D eigenvalue weighted by Crippen LogP contribution is -2.13. The van der Waals surface area contributed by atoms with Crippen molar-refractivity contribution in [2.24, 2.45) is 5.14 Å². The van der Waals surface area contributed by atoms with Crippen molar-refractivity contribution in [3.05, 3.63) is 46.4 Å². The zero-order valence-corrected chi connectivity index (χ0v) is 11.2. The van der Waals surface area contributed by atoms with Gasteiger partial charge in [0.2, 0.25) is 10.0 Å². The smallest absolute Gasteiger partial charge is 0.238 e. The molecule has 0 spiro atoms. The van der Waals surface area contributed by atoms with E-state index in [1.807, 2.05) is 6.20 Å². The summed E-state index contributed by atoms with van der Waals surface area (Å²) in [6, 6.07) is 6.52. The van der Waals surface area contributed by atoms with Gasteiger partial charge in [-0.05, 0) is 17.7 Å². The van der Waals surface area contributed by atoms with Crippen molar-refractivity contribution in [1.82, 2.24) is 10.3 Å². The molecule has 1 aromatic heterocycles. The molecule has 0 unspecified atom stereocenters. The SMILES string of the molecule is NS(=O)(=O)c1ccc(CNCc2cncs2)cc1. The highest BCUT2D eigenvalue weighted by Crippen LogP contribution is 2.09. The Kier molecular flexibility index (Phi) is 4.07. The van der Waals surface area contributed by atoms with Gasteiger partial charge >= 0.3 is 0 Å². The van der Waals surface area contributed by atoms with Crippen LogP contribution in [0.25, 0.3) is 0 Å². The number of nitrogens with one attached hydrogen (secondary N) is 1. The monoisotopic (exact) mass is 283 g/mol. The van der Waals surface area contributed by atoms with Gasteiger partial charge in [-0.15, -0.1) is 11.3 Å². The molecule has 1 heterocycles. The van der Waals surface area contributed by atoms with E-state index in [4.69, 9.17) is 5.14 Å². The second-order valence-electron chi connectivity index (χ2n) is 3.76. The van der Waals surface area contributed by atoms with E-state index < -0.39 is 10.0 Å². The molecule has 5 nitrogen and oxygen atoms in total. The Morgan fingerprint density at radius 1 is 1.22 bits per heavy atom. The molecule has 2 aromatic rings. The number of hydrogen-bond acceptors (Lipinski definition) is 5. The molecule has 18 heavy (non-hydrogen) atoms. The predicted molar refractivity (Wildman–Crippen MR) is 70.5 cm³/mol. The number of sulfonamides is 1. The fourth-order valence-electron chi connectivity index (χ4n) is 1.46. The van der Waals surface area contributed by atoms with E-state index in [2.05, 4.69) is 10.3 Å². The van der Waals surface area contributed by atoms with E-state index in [1.54, 1.807) is 29.0 Å². The van der Waals surface area contributed by atoms with Gasteiger partial charge in [0.05, 0.1) is 10.4 Å². The van der Waals surface area contributed by atoms with Gasteiger partial charge < -0.3 is 5.32 Å². The Morgan fingerprint density at radius 2 is 1.94 bits per heavy atom. The minimum absolute atomic E-state index is 0.133. The van der Waals surface area contributed by atoms with Crippen LogP contribution in [-0.2, 0) is 23.1 Å². The molecule has 0 saturated heterocycles. The largest absolute Gasteiger partial charge is 0.308 e. The number of hydrogen-bond donors (Lipinski definition) is 2. The third-order valence-electron chi connectivity index (χ3n) is 2.36. The van der Waals surface area contributed by atoms with Gasteiger partial charge in [-0.2, -0.15) is 0 Å². The summed E-state index contributed by atoms with van der Waals surface area (Å²) in [6.45, 7) is 1.42. The van der Waals surface area contributed by atoms with Crippen LogP contribution in [0.15, 0.2) is 40.9 Å². The molecule has 2 rings (SSSR count). The van der Waals surface area contributed by atoms with Gasteiger partial charge in [0.25, 0.3) is 0 Å². The highest BCUT2D eigenvalue weighted by molar-refractivity contribution is 7.89. The number of benzene rings is 1. The second-order valence-corrected chi connectivity index (χ2v) is 6.29. The summed E-state index contributed by atoms with van der Waals surface area (Å²) in [6.07, 6.45) is 1.82. The van der Waals surface area contributed by atoms with E-state index in [0.29, 0.717) is 6.54 Å². The van der Waals surface area contributed by atoms with Crippen LogP contribution < -0.4 is 10.5 Å². The van der Waals surface area contributed by atoms with Crippen molar-refractivity contribution in [2.75, 3.05) is 0 Å². The Morgan fingerprint density at radius 3 is 2.50 bits per heavy atom. The number of nitrogens with zero attached hydrogens (tertiary/aromatic N) is 1. The molecule has 0 atom stereocenters. The molecule has 0 fully saturated rings. The van der Waals surface area contributed by atoms with Crippen LogP contribution >= 0.6 is 11.3 Å². The maximum Gasteiger partial charge on any atom is 0.238 e. The third kappa shape index (κ3) is 3.61. The minimum atomic E-state index is -3.60. The number of primary sulfonamides is 1. The van der Waals surface area contributed by atoms with Crippen LogP contribution in [-0.4, -0.2) is 13.4 Å².